The van der Waals surface area contributed by atoms with Crippen LogP contribution in [0.15, 0.2) is 30.1 Å². The fourth-order valence-corrected chi connectivity index (χ4v) is 3.61. The van der Waals surface area contributed by atoms with Gasteiger partial charge in [-0.3, -0.25) is 0 Å². The molecule has 1 fully saturated rings. The summed E-state index contributed by atoms with van der Waals surface area (Å²) in [5.74, 6) is 3.33. The van der Waals surface area contributed by atoms with Crippen LogP contribution in [0.2, 0.25) is 0 Å². The smallest absolute Gasteiger partial charge is 0.0109 e. The molecular formula is C12H13P. The Kier molecular flexibility index (Phi) is 1.70. The molecule has 0 spiro atoms. The zero-order chi connectivity index (χ0) is 8.67. The topological polar surface area (TPSA) is 0 Å². The highest BCUT2D eigenvalue weighted by Gasteiger charge is 2.21. The second-order valence-electron chi connectivity index (χ2n) is 3.92. The second-order valence-corrected chi connectivity index (χ2v) is 5.03. The first-order valence-corrected chi connectivity index (χ1v) is 6.09. The summed E-state index contributed by atoms with van der Waals surface area (Å²) in [5, 5.41) is 4.76. The van der Waals surface area contributed by atoms with E-state index in [1.165, 1.54) is 24.6 Å². The molecule has 0 amide bonds. The van der Waals surface area contributed by atoms with E-state index in [4.69, 9.17) is 0 Å². The lowest BCUT2D eigenvalue weighted by Crippen LogP contribution is -2.06. The first-order valence-electron chi connectivity index (χ1n) is 5.01. The third-order valence-electron chi connectivity index (χ3n) is 3.15. The lowest BCUT2D eigenvalue weighted by molar-refractivity contribution is 0.428. The Hall–Kier alpha value is -0.740. The number of hydrogen-bond acceptors (Lipinski definition) is 0. The molecular weight excluding hydrogens is 175 g/mol. The fourth-order valence-electron chi connectivity index (χ4n) is 2.14. The number of benzene rings is 1. The van der Waals surface area contributed by atoms with Crippen molar-refractivity contribution in [1.29, 1.82) is 0 Å². The van der Waals surface area contributed by atoms with Gasteiger partial charge in [0.2, 0.25) is 0 Å². The van der Waals surface area contributed by atoms with Gasteiger partial charge in [0.25, 0.3) is 0 Å². The summed E-state index contributed by atoms with van der Waals surface area (Å²) in [7, 11) is 0.967. The van der Waals surface area contributed by atoms with E-state index >= 15 is 0 Å². The normalized spacial score (nSPS) is 18.2. The molecule has 1 unspecified atom stereocenters. The third-order valence-corrected chi connectivity index (χ3v) is 4.59. The van der Waals surface area contributed by atoms with Crippen LogP contribution < -0.4 is 0 Å². The molecule has 0 aliphatic heterocycles. The first-order chi connectivity index (χ1) is 6.45. The molecule has 13 heavy (non-hydrogen) atoms. The Bertz CT molecular complexity index is 423. The van der Waals surface area contributed by atoms with Gasteiger partial charge in [0.05, 0.1) is 0 Å². The summed E-state index contributed by atoms with van der Waals surface area (Å²) in [4.78, 5) is 0. The van der Waals surface area contributed by atoms with Crippen LogP contribution in [0.3, 0.4) is 0 Å². The molecule has 66 valence electrons. The Labute approximate surface area is 80.1 Å². The van der Waals surface area contributed by atoms with Crippen molar-refractivity contribution in [2.75, 3.05) is 0 Å². The Morgan fingerprint density at radius 2 is 2.00 bits per heavy atom. The van der Waals surface area contributed by atoms with Crippen LogP contribution in [-0.2, 0) is 0 Å². The van der Waals surface area contributed by atoms with E-state index in [2.05, 4.69) is 30.1 Å². The third kappa shape index (κ3) is 1.13. The van der Waals surface area contributed by atoms with E-state index in [1.807, 2.05) is 0 Å². The average Bonchev–Trinajstić information content (AvgIpc) is 2.47. The number of fused-ring (bicyclic) bond motifs is 1. The van der Waals surface area contributed by atoms with Crippen molar-refractivity contribution in [3.05, 3.63) is 35.4 Å². The Morgan fingerprint density at radius 3 is 2.77 bits per heavy atom. The first kappa shape index (κ1) is 7.64. The van der Waals surface area contributed by atoms with Gasteiger partial charge in [-0.25, -0.2) is 0 Å². The monoisotopic (exact) mass is 188 g/mol. The van der Waals surface area contributed by atoms with Crippen molar-refractivity contribution in [2.24, 2.45) is 0 Å². The average molecular weight is 188 g/mol. The highest BCUT2D eigenvalue weighted by Crippen LogP contribution is 2.44. The van der Waals surface area contributed by atoms with Gasteiger partial charge in [0.15, 0.2) is 0 Å². The maximum absolute atomic E-state index is 2.41. The SMILES string of the molecule is c1ccc2c(C3CCC3)[pH]cc2c1. The molecule has 0 N–H and O–H groups in total. The molecule has 3 rings (SSSR count). The maximum atomic E-state index is 2.41. The largest absolute Gasteiger partial charge is 0.135 e. The molecule has 1 heteroatoms. The summed E-state index contributed by atoms with van der Waals surface area (Å²) in [6, 6.07) is 8.85. The van der Waals surface area contributed by atoms with Crippen LogP contribution in [0.1, 0.15) is 30.5 Å². The highest BCUT2D eigenvalue weighted by molar-refractivity contribution is 7.31. The molecule has 1 atom stereocenters. The minimum absolute atomic E-state index is 0.929. The van der Waals surface area contributed by atoms with Gasteiger partial charge in [-0.1, -0.05) is 30.7 Å². The van der Waals surface area contributed by atoms with Crippen LogP contribution in [0.4, 0.5) is 0 Å². The molecule has 0 saturated heterocycles. The molecule has 0 bridgehead atoms. The summed E-state index contributed by atoms with van der Waals surface area (Å²) >= 11 is 0. The Morgan fingerprint density at radius 1 is 1.15 bits per heavy atom. The van der Waals surface area contributed by atoms with Crippen LogP contribution in [-0.4, -0.2) is 0 Å². The van der Waals surface area contributed by atoms with Gasteiger partial charge in [-0.15, -0.1) is 8.19 Å². The van der Waals surface area contributed by atoms with Gasteiger partial charge in [-0.05, 0) is 40.6 Å². The van der Waals surface area contributed by atoms with Crippen molar-refractivity contribution in [2.45, 2.75) is 25.2 Å². The fraction of sp³-hybridized carbons (Fsp3) is 0.333. The minimum Gasteiger partial charge on any atom is -0.135 e. The predicted molar refractivity (Wildman–Crippen MR) is 60.0 cm³/mol. The molecule has 0 nitrogen and oxygen atoms in total. The van der Waals surface area contributed by atoms with E-state index in [0.29, 0.717) is 0 Å². The van der Waals surface area contributed by atoms with Crippen molar-refractivity contribution in [1.82, 2.24) is 0 Å². The predicted octanol–water partition coefficient (Wildman–Crippen LogP) is 4.14. The molecule has 0 radical (unpaired) electrons. The van der Waals surface area contributed by atoms with E-state index < -0.39 is 0 Å². The van der Waals surface area contributed by atoms with Crippen molar-refractivity contribution >= 4 is 19.0 Å². The molecule has 1 saturated carbocycles. The molecule has 2 aromatic rings. The van der Waals surface area contributed by atoms with Gasteiger partial charge in [0, 0.05) is 0 Å². The van der Waals surface area contributed by atoms with Crippen LogP contribution in [0, 0.1) is 0 Å². The van der Waals surface area contributed by atoms with Crippen LogP contribution >= 0.6 is 8.19 Å². The number of hydrogen-bond donors (Lipinski definition) is 0. The Balaban J connectivity index is 2.17. The van der Waals surface area contributed by atoms with Crippen LogP contribution in [0.25, 0.3) is 10.8 Å². The van der Waals surface area contributed by atoms with Crippen molar-refractivity contribution < 1.29 is 0 Å². The summed E-state index contributed by atoms with van der Waals surface area (Å²) < 4.78 is 0. The standard InChI is InChI=1S/C12H13P/c1-2-7-11-10(4-1)8-13-12(11)9-5-3-6-9/h1-2,4,7-9,13H,3,5-6H2. The lowest BCUT2D eigenvalue weighted by Gasteiger charge is -2.25. The molecule has 1 heterocycles. The molecule has 1 aliphatic carbocycles. The van der Waals surface area contributed by atoms with Gasteiger partial charge >= 0.3 is 0 Å². The summed E-state index contributed by atoms with van der Waals surface area (Å²) in [5.41, 5.74) is 0. The summed E-state index contributed by atoms with van der Waals surface area (Å²) in [6.07, 6.45) is 4.32. The van der Waals surface area contributed by atoms with Crippen molar-refractivity contribution in [3.63, 3.8) is 0 Å². The lowest BCUT2D eigenvalue weighted by atomic mass is 9.83. The van der Waals surface area contributed by atoms with Gasteiger partial charge in [0.1, 0.15) is 0 Å². The number of rotatable bonds is 1. The minimum atomic E-state index is 0.929. The van der Waals surface area contributed by atoms with E-state index in [0.717, 1.165) is 14.1 Å². The zero-order valence-corrected chi connectivity index (χ0v) is 8.59. The van der Waals surface area contributed by atoms with Gasteiger partial charge < -0.3 is 0 Å². The maximum Gasteiger partial charge on any atom is -0.0109 e. The molecule has 1 aromatic carbocycles. The van der Waals surface area contributed by atoms with E-state index in [-0.39, 0.29) is 0 Å². The van der Waals surface area contributed by atoms with Gasteiger partial charge in [-0.2, -0.15) is 0 Å². The van der Waals surface area contributed by atoms with E-state index in [9.17, 15) is 0 Å². The van der Waals surface area contributed by atoms with Crippen LogP contribution in [0.5, 0.6) is 0 Å². The molecule has 1 aromatic heterocycles. The molecule has 1 aliphatic rings. The zero-order valence-electron chi connectivity index (χ0n) is 7.59. The second kappa shape index (κ2) is 2.89. The summed E-state index contributed by atoms with van der Waals surface area (Å²) in [6.45, 7) is 0. The quantitative estimate of drug-likeness (QED) is 0.631. The highest BCUT2D eigenvalue weighted by atomic mass is 31.0. The van der Waals surface area contributed by atoms with E-state index in [1.54, 1.807) is 10.7 Å². The van der Waals surface area contributed by atoms with Crippen molar-refractivity contribution in [3.8, 4) is 0 Å².